The van der Waals surface area contributed by atoms with E-state index in [1.54, 1.807) is 24.3 Å². The van der Waals surface area contributed by atoms with Crippen molar-refractivity contribution in [3.8, 4) is 11.5 Å². The van der Waals surface area contributed by atoms with Crippen molar-refractivity contribution < 1.29 is 14.2 Å². The highest BCUT2D eigenvalue weighted by Crippen LogP contribution is 2.24. The van der Waals surface area contributed by atoms with Crippen molar-refractivity contribution in [1.82, 2.24) is 0 Å². The van der Waals surface area contributed by atoms with Gasteiger partial charge in [0.05, 0.1) is 6.10 Å². The van der Waals surface area contributed by atoms with Crippen molar-refractivity contribution in [2.45, 2.75) is 19.4 Å². The van der Waals surface area contributed by atoms with Crippen molar-refractivity contribution in [2.24, 2.45) is 0 Å². The standard InChI is InChI=1S/C15H15FO2/c1-2-15(17)11-3-7-13(8-4-11)18-14-9-5-12(16)6-10-14/h3-10,15,17H,2H2,1H3/t15-/m1/s1. The van der Waals surface area contributed by atoms with Crippen molar-refractivity contribution in [1.29, 1.82) is 0 Å². The summed E-state index contributed by atoms with van der Waals surface area (Å²) in [5.41, 5.74) is 0.865. The molecule has 0 amide bonds. The number of hydrogen-bond donors (Lipinski definition) is 1. The van der Waals surface area contributed by atoms with Gasteiger partial charge in [-0.2, -0.15) is 0 Å². The maximum atomic E-state index is 12.7. The maximum absolute atomic E-state index is 12.7. The van der Waals surface area contributed by atoms with Crippen molar-refractivity contribution in [2.75, 3.05) is 0 Å². The third-order valence-corrected chi connectivity index (χ3v) is 2.70. The largest absolute Gasteiger partial charge is 0.457 e. The predicted octanol–water partition coefficient (Wildman–Crippen LogP) is 4.06. The van der Waals surface area contributed by atoms with E-state index in [4.69, 9.17) is 4.74 Å². The summed E-state index contributed by atoms with van der Waals surface area (Å²) in [6, 6.07) is 13.1. The normalized spacial score (nSPS) is 12.2. The van der Waals surface area contributed by atoms with Gasteiger partial charge in [0.2, 0.25) is 0 Å². The molecule has 0 fully saturated rings. The van der Waals surface area contributed by atoms with Crippen molar-refractivity contribution in [3.63, 3.8) is 0 Å². The summed E-state index contributed by atoms with van der Waals surface area (Å²) in [7, 11) is 0. The highest BCUT2D eigenvalue weighted by Gasteiger charge is 2.04. The van der Waals surface area contributed by atoms with Crippen LogP contribution in [0.2, 0.25) is 0 Å². The zero-order valence-corrected chi connectivity index (χ0v) is 10.1. The molecule has 0 heterocycles. The molecule has 0 radical (unpaired) electrons. The fourth-order valence-corrected chi connectivity index (χ4v) is 1.63. The summed E-state index contributed by atoms with van der Waals surface area (Å²) < 4.78 is 18.3. The summed E-state index contributed by atoms with van der Waals surface area (Å²) in [6.45, 7) is 1.92. The summed E-state index contributed by atoms with van der Waals surface area (Å²) in [5, 5.41) is 9.66. The molecule has 1 N–H and O–H groups in total. The molecule has 0 unspecified atom stereocenters. The van der Waals surface area contributed by atoms with E-state index < -0.39 is 6.10 Å². The van der Waals surface area contributed by atoms with Crippen LogP contribution in [0, 0.1) is 5.82 Å². The molecule has 1 atom stereocenters. The Kier molecular flexibility index (Phi) is 3.95. The van der Waals surface area contributed by atoms with E-state index in [2.05, 4.69) is 0 Å². The minimum Gasteiger partial charge on any atom is -0.457 e. The quantitative estimate of drug-likeness (QED) is 0.881. The molecule has 0 spiro atoms. The smallest absolute Gasteiger partial charge is 0.127 e. The molecule has 2 nitrogen and oxygen atoms in total. The van der Waals surface area contributed by atoms with E-state index in [0.29, 0.717) is 17.9 Å². The number of halogens is 1. The van der Waals surface area contributed by atoms with Gasteiger partial charge in [-0.3, -0.25) is 0 Å². The zero-order valence-electron chi connectivity index (χ0n) is 10.1. The minimum absolute atomic E-state index is 0.288. The van der Waals surface area contributed by atoms with E-state index in [-0.39, 0.29) is 5.82 Å². The molecule has 2 aromatic carbocycles. The second kappa shape index (κ2) is 5.65. The number of aliphatic hydroxyl groups is 1. The van der Waals surface area contributed by atoms with Crippen LogP contribution in [0.25, 0.3) is 0 Å². The van der Waals surface area contributed by atoms with Crippen LogP contribution in [0.4, 0.5) is 4.39 Å². The fraction of sp³-hybridized carbons (Fsp3) is 0.200. The minimum atomic E-state index is -0.440. The van der Waals surface area contributed by atoms with Gasteiger partial charge in [0.15, 0.2) is 0 Å². The third kappa shape index (κ3) is 3.08. The van der Waals surface area contributed by atoms with Gasteiger partial charge in [-0.1, -0.05) is 19.1 Å². The Balaban J connectivity index is 2.08. The van der Waals surface area contributed by atoms with Gasteiger partial charge in [-0.25, -0.2) is 4.39 Å². The molecule has 0 aliphatic carbocycles. The second-order valence-electron chi connectivity index (χ2n) is 4.05. The molecule has 0 aliphatic rings. The Morgan fingerprint density at radius 1 is 1.00 bits per heavy atom. The summed E-state index contributed by atoms with van der Waals surface area (Å²) in [5.74, 6) is 0.956. The Hall–Kier alpha value is -1.87. The Morgan fingerprint density at radius 3 is 2.00 bits per heavy atom. The molecule has 2 aromatic rings. The van der Waals surface area contributed by atoms with E-state index in [1.807, 2.05) is 19.1 Å². The third-order valence-electron chi connectivity index (χ3n) is 2.70. The number of aliphatic hydroxyl groups excluding tert-OH is 1. The van der Waals surface area contributed by atoms with Crippen LogP contribution < -0.4 is 4.74 Å². The number of rotatable bonds is 4. The Morgan fingerprint density at radius 2 is 1.50 bits per heavy atom. The Labute approximate surface area is 106 Å². The van der Waals surface area contributed by atoms with Gasteiger partial charge in [0, 0.05) is 0 Å². The van der Waals surface area contributed by atoms with Crippen molar-refractivity contribution in [3.05, 3.63) is 59.9 Å². The number of benzene rings is 2. The van der Waals surface area contributed by atoms with E-state index in [0.717, 1.165) is 5.56 Å². The first kappa shape index (κ1) is 12.6. The van der Waals surface area contributed by atoms with Crippen LogP contribution in [0.5, 0.6) is 11.5 Å². The monoisotopic (exact) mass is 246 g/mol. The molecule has 0 saturated heterocycles. The first-order chi connectivity index (χ1) is 8.69. The molecule has 0 bridgehead atoms. The number of ether oxygens (including phenoxy) is 1. The SMILES string of the molecule is CC[C@@H](O)c1ccc(Oc2ccc(F)cc2)cc1. The highest BCUT2D eigenvalue weighted by atomic mass is 19.1. The highest BCUT2D eigenvalue weighted by molar-refractivity contribution is 5.33. The van der Waals surface area contributed by atoms with Crippen LogP contribution in [0.3, 0.4) is 0 Å². The van der Waals surface area contributed by atoms with E-state index >= 15 is 0 Å². The fourth-order valence-electron chi connectivity index (χ4n) is 1.63. The first-order valence-electron chi connectivity index (χ1n) is 5.90. The molecular weight excluding hydrogens is 231 g/mol. The topological polar surface area (TPSA) is 29.5 Å². The molecule has 0 saturated carbocycles. The number of hydrogen-bond acceptors (Lipinski definition) is 2. The summed E-state index contributed by atoms with van der Waals surface area (Å²) >= 11 is 0. The lowest BCUT2D eigenvalue weighted by Crippen LogP contribution is -1.94. The zero-order chi connectivity index (χ0) is 13.0. The molecule has 18 heavy (non-hydrogen) atoms. The summed E-state index contributed by atoms with van der Waals surface area (Å²) in [4.78, 5) is 0. The Bertz CT molecular complexity index is 491. The van der Waals surface area contributed by atoms with Gasteiger partial charge < -0.3 is 9.84 Å². The lowest BCUT2D eigenvalue weighted by molar-refractivity contribution is 0.173. The predicted molar refractivity (Wildman–Crippen MR) is 68.2 cm³/mol. The average molecular weight is 246 g/mol. The summed E-state index contributed by atoms with van der Waals surface area (Å²) in [6.07, 6.45) is 0.239. The van der Waals surface area contributed by atoms with Crippen LogP contribution >= 0.6 is 0 Å². The maximum Gasteiger partial charge on any atom is 0.127 e. The first-order valence-corrected chi connectivity index (χ1v) is 5.90. The van der Waals surface area contributed by atoms with Gasteiger partial charge >= 0.3 is 0 Å². The molecule has 0 aliphatic heterocycles. The molecule has 94 valence electrons. The lowest BCUT2D eigenvalue weighted by Gasteiger charge is -2.09. The van der Waals surface area contributed by atoms with Gasteiger partial charge in [-0.15, -0.1) is 0 Å². The molecule has 2 rings (SSSR count). The second-order valence-corrected chi connectivity index (χ2v) is 4.05. The van der Waals surface area contributed by atoms with E-state index in [9.17, 15) is 9.50 Å². The van der Waals surface area contributed by atoms with Crippen LogP contribution in [0.15, 0.2) is 48.5 Å². The molecule has 3 heteroatoms. The lowest BCUT2D eigenvalue weighted by atomic mass is 10.1. The molecule has 0 aromatic heterocycles. The van der Waals surface area contributed by atoms with Crippen molar-refractivity contribution >= 4 is 0 Å². The van der Waals surface area contributed by atoms with Crippen LogP contribution in [-0.4, -0.2) is 5.11 Å². The van der Waals surface area contributed by atoms with E-state index in [1.165, 1.54) is 12.1 Å². The van der Waals surface area contributed by atoms with Crippen LogP contribution in [-0.2, 0) is 0 Å². The van der Waals surface area contributed by atoms with Gasteiger partial charge in [0.25, 0.3) is 0 Å². The van der Waals surface area contributed by atoms with Gasteiger partial charge in [0.1, 0.15) is 17.3 Å². The van der Waals surface area contributed by atoms with Gasteiger partial charge in [-0.05, 0) is 48.4 Å². The average Bonchev–Trinajstić information content (AvgIpc) is 2.41. The molecular formula is C15H15FO2. The van der Waals surface area contributed by atoms with Crippen LogP contribution in [0.1, 0.15) is 25.0 Å².